The van der Waals surface area contributed by atoms with Gasteiger partial charge in [-0.1, -0.05) is 20.8 Å². The summed E-state index contributed by atoms with van der Waals surface area (Å²) in [6.07, 6.45) is 5.28. The molecule has 1 saturated heterocycles. The number of carbonyl (C=O) groups excluding carboxylic acids is 1. The van der Waals surface area contributed by atoms with Gasteiger partial charge in [0.1, 0.15) is 11.4 Å². The lowest BCUT2D eigenvalue weighted by atomic mass is 9.88. The highest BCUT2D eigenvalue weighted by atomic mass is 16.2. The van der Waals surface area contributed by atoms with Crippen molar-refractivity contribution in [2.45, 2.75) is 46.5 Å². The summed E-state index contributed by atoms with van der Waals surface area (Å²) >= 11 is 0. The third kappa shape index (κ3) is 3.32. The second-order valence-electron chi connectivity index (χ2n) is 7.54. The van der Waals surface area contributed by atoms with Crippen molar-refractivity contribution in [2.75, 3.05) is 13.1 Å². The number of aryl methyl sites for hydroxylation is 1. The fourth-order valence-corrected chi connectivity index (χ4v) is 3.21. The SMILES string of the molecule is Cc1cc(-c2nccnc2C2CCN(C(=O)C(C)(C)C)CC2)n[nH]1. The molecular formula is C18H25N5O. The second kappa shape index (κ2) is 6.34. The number of hydrogen-bond acceptors (Lipinski definition) is 4. The zero-order valence-corrected chi connectivity index (χ0v) is 14.8. The fourth-order valence-electron chi connectivity index (χ4n) is 3.21. The van der Waals surface area contributed by atoms with Crippen molar-refractivity contribution < 1.29 is 4.79 Å². The van der Waals surface area contributed by atoms with E-state index in [9.17, 15) is 4.79 Å². The van der Waals surface area contributed by atoms with Gasteiger partial charge >= 0.3 is 0 Å². The summed E-state index contributed by atoms with van der Waals surface area (Å²) in [6, 6.07) is 1.99. The smallest absolute Gasteiger partial charge is 0.227 e. The standard InChI is InChI=1S/C18H25N5O/c1-12-11-14(22-21-12)16-15(19-7-8-20-16)13-5-9-23(10-6-13)17(24)18(2,3)4/h7-8,11,13H,5-6,9-10H2,1-4H3,(H,21,22). The molecule has 24 heavy (non-hydrogen) atoms. The van der Waals surface area contributed by atoms with Crippen LogP contribution in [0.4, 0.5) is 0 Å². The third-order valence-corrected chi connectivity index (χ3v) is 4.49. The van der Waals surface area contributed by atoms with Crippen LogP contribution in [0.3, 0.4) is 0 Å². The van der Waals surface area contributed by atoms with Crippen LogP contribution < -0.4 is 0 Å². The van der Waals surface area contributed by atoms with Crippen molar-refractivity contribution in [1.82, 2.24) is 25.1 Å². The van der Waals surface area contributed by atoms with Crippen LogP contribution in [0.25, 0.3) is 11.4 Å². The van der Waals surface area contributed by atoms with Crippen LogP contribution in [0.5, 0.6) is 0 Å². The summed E-state index contributed by atoms with van der Waals surface area (Å²) in [5.74, 6) is 0.540. The number of amides is 1. The van der Waals surface area contributed by atoms with Gasteiger partial charge in [-0.05, 0) is 25.8 Å². The third-order valence-electron chi connectivity index (χ3n) is 4.49. The first kappa shape index (κ1) is 16.6. The molecular weight excluding hydrogens is 302 g/mol. The topological polar surface area (TPSA) is 74.8 Å². The van der Waals surface area contributed by atoms with Crippen LogP contribution in [-0.2, 0) is 4.79 Å². The van der Waals surface area contributed by atoms with Gasteiger partial charge in [-0.15, -0.1) is 0 Å². The van der Waals surface area contributed by atoms with E-state index >= 15 is 0 Å². The van der Waals surface area contributed by atoms with Gasteiger partial charge in [0.15, 0.2) is 0 Å². The Balaban J connectivity index is 1.77. The fraction of sp³-hybridized carbons (Fsp3) is 0.556. The predicted molar refractivity (Wildman–Crippen MR) is 92.4 cm³/mol. The maximum absolute atomic E-state index is 12.4. The van der Waals surface area contributed by atoms with Gasteiger partial charge in [-0.25, -0.2) is 0 Å². The number of H-pyrrole nitrogens is 1. The normalized spacial score (nSPS) is 16.4. The molecule has 2 aromatic rings. The van der Waals surface area contributed by atoms with Crippen molar-refractivity contribution in [3.63, 3.8) is 0 Å². The van der Waals surface area contributed by atoms with Gasteiger partial charge in [0.25, 0.3) is 0 Å². The van der Waals surface area contributed by atoms with Crippen molar-refractivity contribution in [2.24, 2.45) is 5.41 Å². The molecule has 0 bridgehead atoms. The predicted octanol–water partition coefficient (Wildman–Crippen LogP) is 2.93. The molecule has 2 aromatic heterocycles. The maximum Gasteiger partial charge on any atom is 0.227 e. The number of likely N-dealkylation sites (tertiary alicyclic amines) is 1. The number of nitrogens with one attached hydrogen (secondary N) is 1. The average molecular weight is 327 g/mol. The van der Waals surface area contributed by atoms with Crippen LogP contribution in [0.1, 0.15) is 50.9 Å². The molecule has 0 spiro atoms. The summed E-state index contributed by atoms with van der Waals surface area (Å²) in [5.41, 5.74) is 3.36. The van der Waals surface area contributed by atoms with Crippen molar-refractivity contribution in [3.8, 4) is 11.4 Å². The quantitative estimate of drug-likeness (QED) is 0.920. The number of nitrogens with zero attached hydrogens (tertiary/aromatic N) is 4. The number of piperidine rings is 1. The highest BCUT2D eigenvalue weighted by molar-refractivity contribution is 5.81. The molecule has 0 aromatic carbocycles. The zero-order valence-electron chi connectivity index (χ0n) is 14.8. The van der Waals surface area contributed by atoms with Crippen molar-refractivity contribution >= 4 is 5.91 Å². The van der Waals surface area contributed by atoms with Gasteiger partial charge in [0, 0.05) is 42.5 Å². The molecule has 0 atom stereocenters. The molecule has 1 fully saturated rings. The Morgan fingerprint density at radius 3 is 2.46 bits per heavy atom. The molecule has 0 saturated carbocycles. The Morgan fingerprint density at radius 1 is 1.21 bits per heavy atom. The molecule has 0 unspecified atom stereocenters. The Kier molecular flexibility index (Phi) is 4.39. The molecule has 1 N–H and O–H groups in total. The van der Waals surface area contributed by atoms with Gasteiger partial charge in [0.2, 0.25) is 5.91 Å². The van der Waals surface area contributed by atoms with Crippen molar-refractivity contribution in [1.29, 1.82) is 0 Å². The van der Waals surface area contributed by atoms with E-state index in [2.05, 4.69) is 20.2 Å². The van der Waals surface area contributed by atoms with Crippen LogP contribution in [-0.4, -0.2) is 44.1 Å². The molecule has 1 aliphatic heterocycles. The molecule has 1 aliphatic rings. The molecule has 128 valence electrons. The van der Waals surface area contributed by atoms with E-state index in [1.807, 2.05) is 38.7 Å². The minimum atomic E-state index is -0.322. The van der Waals surface area contributed by atoms with E-state index in [0.717, 1.165) is 48.7 Å². The molecule has 3 rings (SSSR count). The monoisotopic (exact) mass is 327 g/mol. The summed E-state index contributed by atoms with van der Waals surface area (Å²) in [5, 5.41) is 7.29. The lowest BCUT2D eigenvalue weighted by Gasteiger charge is -2.35. The van der Waals surface area contributed by atoms with E-state index < -0.39 is 0 Å². The van der Waals surface area contributed by atoms with E-state index in [-0.39, 0.29) is 11.3 Å². The van der Waals surface area contributed by atoms with E-state index in [0.29, 0.717) is 5.92 Å². The molecule has 1 amide bonds. The minimum Gasteiger partial charge on any atom is -0.342 e. The van der Waals surface area contributed by atoms with Crippen LogP contribution >= 0.6 is 0 Å². The van der Waals surface area contributed by atoms with E-state index in [1.165, 1.54) is 0 Å². The second-order valence-corrected chi connectivity index (χ2v) is 7.54. The lowest BCUT2D eigenvalue weighted by molar-refractivity contribution is -0.140. The highest BCUT2D eigenvalue weighted by Crippen LogP contribution is 2.33. The van der Waals surface area contributed by atoms with E-state index in [1.54, 1.807) is 12.4 Å². The van der Waals surface area contributed by atoms with Crippen LogP contribution in [0.15, 0.2) is 18.5 Å². The first-order valence-electron chi connectivity index (χ1n) is 8.49. The first-order valence-corrected chi connectivity index (χ1v) is 8.49. The lowest BCUT2D eigenvalue weighted by Crippen LogP contribution is -2.43. The molecule has 6 nitrogen and oxygen atoms in total. The largest absolute Gasteiger partial charge is 0.342 e. The number of aromatic amines is 1. The summed E-state index contributed by atoms with van der Waals surface area (Å²) in [6.45, 7) is 9.45. The highest BCUT2D eigenvalue weighted by Gasteiger charge is 2.32. The maximum atomic E-state index is 12.4. The van der Waals surface area contributed by atoms with Crippen LogP contribution in [0.2, 0.25) is 0 Å². The first-order chi connectivity index (χ1) is 11.4. The Hall–Kier alpha value is -2.24. The molecule has 0 aliphatic carbocycles. The van der Waals surface area contributed by atoms with Gasteiger partial charge in [-0.3, -0.25) is 19.9 Å². The van der Waals surface area contributed by atoms with Crippen molar-refractivity contribution in [3.05, 3.63) is 29.8 Å². The molecule has 0 radical (unpaired) electrons. The minimum absolute atomic E-state index is 0.225. The Labute approximate surface area is 142 Å². The zero-order chi connectivity index (χ0) is 17.3. The Bertz CT molecular complexity index is 723. The number of carbonyl (C=O) groups is 1. The molecule has 3 heterocycles. The summed E-state index contributed by atoms with van der Waals surface area (Å²) in [7, 11) is 0. The van der Waals surface area contributed by atoms with E-state index in [4.69, 9.17) is 0 Å². The number of rotatable bonds is 2. The number of hydrogen-bond donors (Lipinski definition) is 1. The van der Waals surface area contributed by atoms with Gasteiger partial charge in [0.05, 0.1) is 5.69 Å². The van der Waals surface area contributed by atoms with Gasteiger partial charge in [-0.2, -0.15) is 5.10 Å². The number of aromatic nitrogens is 4. The van der Waals surface area contributed by atoms with Crippen LogP contribution in [0, 0.1) is 12.3 Å². The average Bonchev–Trinajstić information content (AvgIpc) is 3.00. The Morgan fingerprint density at radius 2 is 1.88 bits per heavy atom. The molecule has 6 heteroatoms. The van der Waals surface area contributed by atoms with Gasteiger partial charge < -0.3 is 4.90 Å². The summed E-state index contributed by atoms with van der Waals surface area (Å²) in [4.78, 5) is 23.5. The summed E-state index contributed by atoms with van der Waals surface area (Å²) < 4.78 is 0.